The van der Waals surface area contributed by atoms with E-state index in [9.17, 15) is 4.79 Å². The number of aryl methyl sites for hydroxylation is 1. The number of pyridine rings is 1. The first kappa shape index (κ1) is 9.31. The molecule has 0 unspecified atom stereocenters. The van der Waals surface area contributed by atoms with Crippen molar-refractivity contribution in [1.29, 1.82) is 0 Å². The molecule has 0 saturated heterocycles. The quantitative estimate of drug-likeness (QED) is 0.703. The highest BCUT2D eigenvalue weighted by atomic mass is 16.7. The second-order valence-corrected chi connectivity index (χ2v) is 2.34. The molecule has 1 rings (SSSR count). The van der Waals surface area contributed by atoms with Crippen LogP contribution in [0.3, 0.4) is 0 Å². The summed E-state index contributed by atoms with van der Waals surface area (Å²) >= 11 is 0. The van der Waals surface area contributed by atoms with E-state index in [0.717, 1.165) is 0 Å². The number of nitrogens with zero attached hydrogens (tertiary/aromatic N) is 1. The largest absolute Gasteiger partial charge is 0.512 e. The van der Waals surface area contributed by atoms with Gasteiger partial charge in [0.1, 0.15) is 0 Å². The molecule has 0 aliphatic heterocycles. The van der Waals surface area contributed by atoms with E-state index in [0.29, 0.717) is 11.4 Å². The SMILES string of the molecule is COc1ccc(C)c(OC(=O)O)n1. The maximum Gasteiger partial charge on any atom is 0.512 e. The summed E-state index contributed by atoms with van der Waals surface area (Å²) in [6, 6.07) is 3.30. The minimum absolute atomic E-state index is 0.0480. The minimum atomic E-state index is -1.39. The van der Waals surface area contributed by atoms with Crippen molar-refractivity contribution in [2.75, 3.05) is 7.11 Å². The molecule has 0 spiro atoms. The predicted octanol–water partition coefficient (Wildman–Crippen LogP) is 1.46. The van der Waals surface area contributed by atoms with E-state index < -0.39 is 6.16 Å². The molecule has 1 N–H and O–H groups in total. The number of ether oxygens (including phenoxy) is 2. The predicted molar refractivity (Wildman–Crippen MR) is 44.2 cm³/mol. The lowest BCUT2D eigenvalue weighted by Gasteiger charge is -2.04. The summed E-state index contributed by atoms with van der Waals surface area (Å²) in [6.45, 7) is 1.70. The molecule has 0 amide bonds. The summed E-state index contributed by atoms with van der Waals surface area (Å²) in [6.07, 6.45) is -1.39. The Morgan fingerprint density at radius 1 is 1.54 bits per heavy atom. The zero-order valence-corrected chi connectivity index (χ0v) is 7.27. The van der Waals surface area contributed by atoms with Crippen molar-refractivity contribution in [2.45, 2.75) is 6.92 Å². The van der Waals surface area contributed by atoms with Crippen molar-refractivity contribution in [3.63, 3.8) is 0 Å². The first-order valence-corrected chi connectivity index (χ1v) is 3.56. The molecular formula is C8H9NO4. The highest BCUT2D eigenvalue weighted by molar-refractivity contribution is 5.61. The number of carbonyl (C=O) groups is 1. The van der Waals surface area contributed by atoms with Crippen LogP contribution in [0.15, 0.2) is 12.1 Å². The van der Waals surface area contributed by atoms with E-state index in [-0.39, 0.29) is 5.88 Å². The molecule has 0 radical (unpaired) electrons. The van der Waals surface area contributed by atoms with Crippen LogP contribution in [0.25, 0.3) is 0 Å². The molecule has 0 aliphatic carbocycles. The van der Waals surface area contributed by atoms with Crippen LogP contribution in [0.4, 0.5) is 4.79 Å². The molecule has 5 heteroatoms. The van der Waals surface area contributed by atoms with E-state index in [1.165, 1.54) is 7.11 Å². The van der Waals surface area contributed by atoms with Gasteiger partial charge >= 0.3 is 6.16 Å². The molecule has 0 saturated carbocycles. The van der Waals surface area contributed by atoms with Gasteiger partial charge in [-0.15, -0.1) is 0 Å². The van der Waals surface area contributed by atoms with Crippen molar-refractivity contribution >= 4 is 6.16 Å². The second kappa shape index (κ2) is 3.75. The van der Waals surface area contributed by atoms with Crippen LogP contribution in [0.1, 0.15) is 5.56 Å². The summed E-state index contributed by atoms with van der Waals surface area (Å²) in [5, 5.41) is 8.35. The number of rotatable bonds is 2. The van der Waals surface area contributed by atoms with E-state index in [4.69, 9.17) is 9.84 Å². The van der Waals surface area contributed by atoms with Crippen LogP contribution in [-0.2, 0) is 0 Å². The zero-order chi connectivity index (χ0) is 9.84. The fourth-order valence-corrected chi connectivity index (χ4v) is 0.793. The molecular weight excluding hydrogens is 174 g/mol. The van der Waals surface area contributed by atoms with Gasteiger partial charge in [-0.05, 0) is 13.0 Å². The summed E-state index contributed by atoms with van der Waals surface area (Å²) in [7, 11) is 1.45. The first-order chi connectivity index (χ1) is 6.13. The van der Waals surface area contributed by atoms with Gasteiger partial charge in [-0.2, -0.15) is 4.98 Å². The Kier molecular flexibility index (Phi) is 2.69. The molecule has 0 atom stereocenters. The van der Waals surface area contributed by atoms with Crippen LogP contribution in [0, 0.1) is 6.92 Å². The van der Waals surface area contributed by atoms with Crippen LogP contribution in [0.2, 0.25) is 0 Å². The third-order valence-electron chi connectivity index (χ3n) is 1.42. The van der Waals surface area contributed by atoms with E-state index in [1.54, 1.807) is 19.1 Å². The summed E-state index contributed by atoms with van der Waals surface area (Å²) in [4.78, 5) is 14.0. The van der Waals surface area contributed by atoms with Crippen molar-refractivity contribution in [3.05, 3.63) is 17.7 Å². The molecule has 5 nitrogen and oxygen atoms in total. The number of carboxylic acid groups (broad SMARTS) is 1. The second-order valence-electron chi connectivity index (χ2n) is 2.34. The monoisotopic (exact) mass is 183 g/mol. The third-order valence-corrected chi connectivity index (χ3v) is 1.42. The average Bonchev–Trinajstić information content (AvgIpc) is 2.08. The van der Waals surface area contributed by atoms with Gasteiger partial charge in [0.15, 0.2) is 0 Å². The van der Waals surface area contributed by atoms with Gasteiger partial charge in [0.2, 0.25) is 11.8 Å². The minimum Gasteiger partial charge on any atom is -0.481 e. The Labute approximate surface area is 74.9 Å². The van der Waals surface area contributed by atoms with Crippen LogP contribution in [-0.4, -0.2) is 23.4 Å². The molecule has 0 bridgehead atoms. The lowest BCUT2D eigenvalue weighted by atomic mass is 10.3. The van der Waals surface area contributed by atoms with Crippen LogP contribution < -0.4 is 9.47 Å². The molecule has 0 aromatic carbocycles. The summed E-state index contributed by atoms with van der Waals surface area (Å²) in [5.74, 6) is 0.369. The Bertz CT molecular complexity index is 324. The molecule has 1 aromatic heterocycles. The van der Waals surface area contributed by atoms with Gasteiger partial charge in [-0.3, -0.25) is 0 Å². The first-order valence-electron chi connectivity index (χ1n) is 3.56. The van der Waals surface area contributed by atoms with Gasteiger partial charge in [0, 0.05) is 11.6 Å². The lowest BCUT2D eigenvalue weighted by Crippen LogP contribution is -2.06. The van der Waals surface area contributed by atoms with Crippen molar-refractivity contribution in [3.8, 4) is 11.8 Å². The number of methoxy groups -OCH3 is 1. The highest BCUT2D eigenvalue weighted by Crippen LogP contribution is 2.18. The Balaban J connectivity index is 2.96. The smallest absolute Gasteiger partial charge is 0.481 e. The maximum absolute atomic E-state index is 10.2. The number of aromatic nitrogens is 1. The normalized spacial score (nSPS) is 9.38. The van der Waals surface area contributed by atoms with E-state index >= 15 is 0 Å². The van der Waals surface area contributed by atoms with Gasteiger partial charge in [-0.1, -0.05) is 0 Å². The number of hydrogen-bond acceptors (Lipinski definition) is 4. The standard InChI is InChI=1S/C8H9NO4/c1-5-3-4-6(12-2)9-7(5)13-8(10)11/h3-4H,1-2H3,(H,10,11). The van der Waals surface area contributed by atoms with E-state index in [1.807, 2.05) is 0 Å². The summed E-state index contributed by atoms with van der Waals surface area (Å²) in [5.41, 5.74) is 0.642. The van der Waals surface area contributed by atoms with Gasteiger partial charge in [0.25, 0.3) is 0 Å². The Morgan fingerprint density at radius 3 is 2.77 bits per heavy atom. The molecule has 13 heavy (non-hydrogen) atoms. The average molecular weight is 183 g/mol. The molecule has 1 heterocycles. The summed E-state index contributed by atoms with van der Waals surface area (Å²) < 4.78 is 9.22. The van der Waals surface area contributed by atoms with Gasteiger partial charge < -0.3 is 14.6 Å². The van der Waals surface area contributed by atoms with Gasteiger partial charge in [-0.25, -0.2) is 4.79 Å². The van der Waals surface area contributed by atoms with Crippen molar-refractivity contribution in [1.82, 2.24) is 4.98 Å². The highest BCUT2D eigenvalue weighted by Gasteiger charge is 2.07. The molecule has 70 valence electrons. The molecule has 0 fully saturated rings. The lowest BCUT2D eigenvalue weighted by molar-refractivity contribution is 0.142. The third kappa shape index (κ3) is 2.33. The Morgan fingerprint density at radius 2 is 2.23 bits per heavy atom. The van der Waals surface area contributed by atoms with Crippen molar-refractivity contribution in [2.24, 2.45) is 0 Å². The van der Waals surface area contributed by atoms with Crippen LogP contribution >= 0.6 is 0 Å². The van der Waals surface area contributed by atoms with Crippen LogP contribution in [0.5, 0.6) is 11.8 Å². The van der Waals surface area contributed by atoms with E-state index in [2.05, 4.69) is 9.72 Å². The van der Waals surface area contributed by atoms with Crippen molar-refractivity contribution < 1.29 is 19.4 Å². The fourth-order valence-electron chi connectivity index (χ4n) is 0.793. The zero-order valence-electron chi connectivity index (χ0n) is 7.27. The van der Waals surface area contributed by atoms with Gasteiger partial charge in [0.05, 0.1) is 7.11 Å². The number of hydrogen-bond donors (Lipinski definition) is 1. The molecule has 1 aromatic rings. The molecule has 0 aliphatic rings. The fraction of sp³-hybridized carbons (Fsp3) is 0.250. The Hall–Kier alpha value is -1.78. The maximum atomic E-state index is 10.2. The topological polar surface area (TPSA) is 68.7 Å².